The number of aromatic nitrogens is 1. The second kappa shape index (κ2) is 5.74. The van der Waals surface area contributed by atoms with Gasteiger partial charge in [-0.05, 0) is 35.0 Å². The second-order valence-electron chi connectivity index (χ2n) is 3.40. The predicted molar refractivity (Wildman–Crippen MR) is 62.5 cm³/mol. The van der Waals surface area contributed by atoms with E-state index >= 15 is 0 Å². The number of hydrogen-bond acceptors (Lipinski definition) is 4. The van der Waals surface area contributed by atoms with Gasteiger partial charge in [-0.2, -0.15) is 0 Å². The van der Waals surface area contributed by atoms with E-state index in [1.165, 1.54) is 19.2 Å². The van der Waals surface area contributed by atoms with E-state index in [-0.39, 0.29) is 5.56 Å². The van der Waals surface area contributed by atoms with Crippen molar-refractivity contribution in [2.24, 2.45) is 0 Å². The number of carboxylic acids is 1. The van der Waals surface area contributed by atoms with Crippen LogP contribution in [0.3, 0.4) is 0 Å². The number of rotatable bonds is 4. The first-order valence-corrected chi connectivity index (χ1v) is 5.54. The average Bonchev–Trinajstić information content (AvgIpc) is 2.25. The minimum absolute atomic E-state index is 0.222. The molecule has 0 saturated carbocycles. The van der Waals surface area contributed by atoms with Crippen LogP contribution >= 0.6 is 15.9 Å². The van der Waals surface area contributed by atoms with Crippen molar-refractivity contribution in [3.8, 4) is 0 Å². The molecule has 1 heterocycles. The van der Waals surface area contributed by atoms with E-state index in [9.17, 15) is 14.7 Å². The van der Waals surface area contributed by atoms with Crippen LogP contribution in [-0.2, 0) is 4.79 Å². The lowest BCUT2D eigenvalue weighted by Gasteiger charge is -2.16. The summed E-state index contributed by atoms with van der Waals surface area (Å²) < 4.78 is 0.569. The SMILES string of the molecule is CC(O)C(NC(=O)c1ccc(Br)nc1)C(=O)O. The number of pyridine rings is 1. The van der Waals surface area contributed by atoms with Crippen LogP contribution in [0, 0.1) is 0 Å². The summed E-state index contributed by atoms with van der Waals surface area (Å²) in [5.41, 5.74) is 0.222. The van der Waals surface area contributed by atoms with Crippen molar-refractivity contribution in [3.63, 3.8) is 0 Å². The molecular formula is C10H11BrN2O4. The van der Waals surface area contributed by atoms with Crippen molar-refractivity contribution < 1.29 is 19.8 Å². The number of hydrogen-bond donors (Lipinski definition) is 3. The third-order valence-electron chi connectivity index (χ3n) is 2.02. The molecule has 2 unspecified atom stereocenters. The summed E-state index contributed by atoms with van der Waals surface area (Å²) in [6.07, 6.45) is 0.125. The van der Waals surface area contributed by atoms with Crippen LogP contribution in [0.15, 0.2) is 22.9 Å². The molecule has 7 heteroatoms. The van der Waals surface area contributed by atoms with Gasteiger partial charge in [0.05, 0.1) is 11.7 Å². The number of amides is 1. The van der Waals surface area contributed by atoms with Gasteiger partial charge in [-0.3, -0.25) is 4.79 Å². The third kappa shape index (κ3) is 3.79. The second-order valence-corrected chi connectivity index (χ2v) is 4.21. The van der Waals surface area contributed by atoms with E-state index in [2.05, 4.69) is 26.2 Å². The first-order valence-electron chi connectivity index (χ1n) is 4.75. The van der Waals surface area contributed by atoms with Gasteiger partial charge in [-0.15, -0.1) is 0 Å². The number of aliphatic hydroxyl groups is 1. The van der Waals surface area contributed by atoms with Crippen molar-refractivity contribution in [3.05, 3.63) is 28.5 Å². The van der Waals surface area contributed by atoms with E-state index < -0.39 is 24.0 Å². The Kier molecular flexibility index (Phi) is 4.59. The normalized spacial score (nSPS) is 13.8. The summed E-state index contributed by atoms with van der Waals surface area (Å²) in [5, 5.41) is 20.2. The molecular weight excluding hydrogens is 292 g/mol. The summed E-state index contributed by atoms with van der Waals surface area (Å²) in [6, 6.07) is 1.71. The maximum Gasteiger partial charge on any atom is 0.328 e. The van der Waals surface area contributed by atoms with Crippen molar-refractivity contribution in [1.82, 2.24) is 10.3 Å². The lowest BCUT2D eigenvalue weighted by atomic mass is 10.1. The number of nitrogens with one attached hydrogen (secondary N) is 1. The van der Waals surface area contributed by atoms with Gasteiger partial charge >= 0.3 is 5.97 Å². The highest BCUT2D eigenvalue weighted by Gasteiger charge is 2.25. The molecule has 1 aromatic heterocycles. The summed E-state index contributed by atoms with van der Waals surface area (Å²) in [6.45, 7) is 1.29. The number of carbonyl (C=O) groups is 2. The molecule has 2 atom stereocenters. The highest BCUT2D eigenvalue weighted by atomic mass is 79.9. The molecule has 1 rings (SSSR count). The molecule has 92 valence electrons. The fraction of sp³-hybridized carbons (Fsp3) is 0.300. The van der Waals surface area contributed by atoms with Gasteiger partial charge in [0.2, 0.25) is 0 Å². The van der Waals surface area contributed by atoms with Crippen molar-refractivity contribution in [1.29, 1.82) is 0 Å². The lowest BCUT2D eigenvalue weighted by molar-refractivity contribution is -0.141. The monoisotopic (exact) mass is 302 g/mol. The predicted octanol–water partition coefficient (Wildman–Crippen LogP) is 0.408. The van der Waals surface area contributed by atoms with Crippen LogP contribution in [-0.4, -0.2) is 39.2 Å². The molecule has 0 bridgehead atoms. The van der Waals surface area contributed by atoms with Crippen molar-refractivity contribution in [2.75, 3.05) is 0 Å². The Morgan fingerprint density at radius 1 is 1.47 bits per heavy atom. The van der Waals surface area contributed by atoms with Crippen LogP contribution in [0.5, 0.6) is 0 Å². The zero-order chi connectivity index (χ0) is 13.0. The molecule has 1 amide bonds. The molecule has 0 saturated heterocycles. The molecule has 0 fully saturated rings. The number of aliphatic carboxylic acids is 1. The van der Waals surface area contributed by atoms with Gasteiger partial charge < -0.3 is 15.5 Å². The Morgan fingerprint density at radius 2 is 2.12 bits per heavy atom. The van der Waals surface area contributed by atoms with E-state index in [1.807, 2.05) is 0 Å². The summed E-state index contributed by atoms with van der Waals surface area (Å²) >= 11 is 3.11. The first kappa shape index (κ1) is 13.6. The van der Waals surface area contributed by atoms with Gasteiger partial charge in [0.15, 0.2) is 6.04 Å². The van der Waals surface area contributed by atoms with Crippen LogP contribution in [0.25, 0.3) is 0 Å². The van der Waals surface area contributed by atoms with Crippen LogP contribution < -0.4 is 5.32 Å². The Hall–Kier alpha value is -1.47. The molecule has 17 heavy (non-hydrogen) atoms. The number of halogens is 1. The Bertz CT molecular complexity index is 419. The minimum atomic E-state index is -1.34. The molecule has 0 radical (unpaired) electrons. The molecule has 3 N–H and O–H groups in total. The molecule has 0 aliphatic carbocycles. The third-order valence-corrected chi connectivity index (χ3v) is 2.49. The molecule has 0 aliphatic rings. The minimum Gasteiger partial charge on any atom is -0.480 e. The summed E-state index contributed by atoms with van der Waals surface area (Å²) in [5.74, 6) is -1.89. The molecule has 6 nitrogen and oxygen atoms in total. The van der Waals surface area contributed by atoms with E-state index in [0.29, 0.717) is 4.60 Å². The highest BCUT2D eigenvalue weighted by Crippen LogP contribution is 2.06. The average molecular weight is 303 g/mol. The van der Waals surface area contributed by atoms with Crippen LogP contribution in [0.1, 0.15) is 17.3 Å². The fourth-order valence-corrected chi connectivity index (χ4v) is 1.36. The molecule has 1 aromatic rings. The van der Waals surface area contributed by atoms with Crippen molar-refractivity contribution >= 4 is 27.8 Å². The molecule has 0 spiro atoms. The zero-order valence-electron chi connectivity index (χ0n) is 8.92. The fourth-order valence-electron chi connectivity index (χ4n) is 1.12. The number of aliphatic hydroxyl groups excluding tert-OH is 1. The quantitative estimate of drug-likeness (QED) is 0.700. The molecule has 0 aromatic carbocycles. The first-order chi connectivity index (χ1) is 7.91. The standard InChI is InChI=1S/C10H11BrN2O4/c1-5(14)8(10(16)17)13-9(15)6-2-3-7(11)12-4-6/h2-5,8,14H,1H3,(H,13,15)(H,16,17). The smallest absolute Gasteiger partial charge is 0.328 e. The number of nitrogens with zero attached hydrogens (tertiary/aromatic N) is 1. The van der Waals surface area contributed by atoms with Gasteiger partial charge in [-0.1, -0.05) is 0 Å². The maximum atomic E-state index is 11.6. The van der Waals surface area contributed by atoms with E-state index in [0.717, 1.165) is 0 Å². The summed E-state index contributed by atoms with van der Waals surface area (Å²) in [4.78, 5) is 26.2. The maximum absolute atomic E-state index is 11.6. The van der Waals surface area contributed by atoms with Crippen LogP contribution in [0.2, 0.25) is 0 Å². The van der Waals surface area contributed by atoms with Crippen molar-refractivity contribution in [2.45, 2.75) is 19.1 Å². The van der Waals surface area contributed by atoms with Gasteiger partial charge in [0, 0.05) is 6.20 Å². The largest absolute Gasteiger partial charge is 0.480 e. The van der Waals surface area contributed by atoms with Gasteiger partial charge in [0.25, 0.3) is 5.91 Å². The topological polar surface area (TPSA) is 99.5 Å². The molecule has 0 aliphatic heterocycles. The van der Waals surface area contributed by atoms with Gasteiger partial charge in [-0.25, -0.2) is 9.78 Å². The van der Waals surface area contributed by atoms with E-state index in [1.54, 1.807) is 6.07 Å². The lowest BCUT2D eigenvalue weighted by Crippen LogP contribution is -2.47. The van der Waals surface area contributed by atoms with Gasteiger partial charge in [0.1, 0.15) is 4.60 Å². The number of carbonyl (C=O) groups excluding carboxylic acids is 1. The van der Waals surface area contributed by atoms with E-state index in [4.69, 9.17) is 5.11 Å². The highest BCUT2D eigenvalue weighted by molar-refractivity contribution is 9.10. The zero-order valence-corrected chi connectivity index (χ0v) is 10.5. The van der Waals surface area contributed by atoms with Crippen LogP contribution in [0.4, 0.5) is 0 Å². The Labute approximate surface area is 106 Å². The number of carboxylic acid groups (broad SMARTS) is 1. The summed E-state index contributed by atoms with van der Waals surface area (Å²) in [7, 11) is 0. The Balaban J connectivity index is 2.77. The Morgan fingerprint density at radius 3 is 2.53 bits per heavy atom.